The molecule has 0 aromatic rings. The zero-order chi connectivity index (χ0) is 55.0. The minimum Gasteiger partial charge on any atom is -0.462 e. The van der Waals surface area contributed by atoms with E-state index < -0.39 is 6.10 Å². The molecule has 6 heteroatoms. The molecule has 0 aliphatic heterocycles. The molecule has 0 saturated carbocycles. The van der Waals surface area contributed by atoms with E-state index in [1.54, 1.807) is 0 Å². The van der Waals surface area contributed by atoms with Gasteiger partial charge in [0.2, 0.25) is 0 Å². The van der Waals surface area contributed by atoms with Crippen molar-refractivity contribution < 1.29 is 28.6 Å². The molecule has 0 spiro atoms. The van der Waals surface area contributed by atoms with Gasteiger partial charge in [-0.05, 0) is 57.8 Å². The third kappa shape index (κ3) is 62.2. The van der Waals surface area contributed by atoms with E-state index >= 15 is 0 Å². The molecule has 0 aliphatic carbocycles. The van der Waals surface area contributed by atoms with Gasteiger partial charge in [0.25, 0.3) is 0 Å². The maximum Gasteiger partial charge on any atom is 0.306 e. The number of ether oxygens (including phenoxy) is 3. The molecule has 0 amide bonds. The zero-order valence-electron chi connectivity index (χ0n) is 51.0. The van der Waals surface area contributed by atoms with E-state index in [1.807, 2.05) is 0 Å². The Labute approximate surface area is 473 Å². The normalized spacial score (nSPS) is 12.3. The van der Waals surface area contributed by atoms with Crippen LogP contribution in [0.4, 0.5) is 0 Å². The van der Waals surface area contributed by atoms with E-state index in [1.165, 1.54) is 238 Å². The van der Waals surface area contributed by atoms with E-state index in [-0.39, 0.29) is 31.1 Å². The highest BCUT2D eigenvalue weighted by Crippen LogP contribution is 2.18. The standard InChI is InChI=1S/C70H128O6/c1-4-7-10-13-16-18-20-22-24-26-28-30-31-32-33-34-35-36-37-38-39-40-42-43-45-47-49-51-54-57-60-63-69(72)75-66-67(65-74-68(71)62-59-56-53-15-12-9-6-3)76-70(73)64-61-58-55-52-50-48-46-44-41-29-27-25-23-21-19-17-14-11-8-5-2/h7,10,16,18,22,24,28,30,67H,4-6,8-9,11-15,17,19-21,23,25-27,29,31-66H2,1-3H3/b10-7-,18-16-,24-22-,30-28-. The van der Waals surface area contributed by atoms with Gasteiger partial charge in [0, 0.05) is 19.3 Å². The molecular weight excluding hydrogens is 937 g/mol. The fourth-order valence-electron chi connectivity index (χ4n) is 10.1. The van der Waals surface area contributed by atoms with Crippen molar-refractivity contribution in [2.24, 2.45) is 0 Å². The van der Waals surface area contributed by atoms with Crippen LogP contribution in [-0.4, -0.2) is 37.2 Å². The van der Waals surface area contributed by atoms with Gasteiger partial charge in [-0.2, -0.15) is 0 Å². The second-order valence-electron chi connectivity index (χ2n) is 22.7. The molecule has 0 radical (unpaired) electrons. The average Bonchev–Trinajstić information content (AvgIpc) is 3.42. The van der Waals surface area contributed by atoms with E-state index in [4.69, 9.17) is 14.2 Å². The molecule has 444 valence electrons. The molecule has 0 aromatic heterocycles. The van der Waals surface area contributed by atoms with Crippen LogP contribution in [0.1, 0.15) is 361 Å². The van der Waals surface area contributed by atoms with Gasteiger partial charge in [-0.25, -0.2) is 0 Å². The van der Waals surface area contributed by atoms with Crippen molar-refractivity contribution in [3.63, 3.8) is 0 Å². The van der Waals surface area contributed by atoms with Crippen LogP contribution >= 0.6 is 0 Å². The Morgan fingerprint density at radius 3 is 0.803 bits per heavy atom. The van der Waals surface area contributed by atoms with Crippen LogP contribution in [0.5, 0.6) is 0 Å². The topological polar surface area (TPSA) is 78.9 Å². The van der Waals surface area contributed by atoms with Gasteiger partial charge in [0.15, 0.2) is 6.10 Å². The average molecular weight is 1070 g/mol. The van der Waals surface area contributed by atoms with Crippen LogP contribution in [-0.2, 0) is 28.6 Å². The van der Waals surface area contributed by atoms with Gasteiger partial charge in [-0.3, -0.25) is 14.4 Å². The summed E-state index contributed by atoms with van der Waals surface area (Å²) in [5.41, 5.74) is 0. The molecule has 0 aromatic carbocycles. The van der Waals surface area contributed by atoms with Gasteiger partial charge >= 0.3 is 17.9 Å². The van der Waals surface area contributed by atoms with Gasteiger partial charge in [-0.1, -0.05) is 333 Å². The van der Waals surface area contributed by atoms with Gasteiger partial charge in [0.05, 0.1) is 0 Å². The minimum atomic E-state index is -0.766. The van der Waals surface area contributed by atoms with Crippen molar-refractivity contribution in [1.29, 1.82) is 0 Å². The Balaban J connectivity index is 4.01. The fraction of sp³-hybridized carbons (Fsp3) is 0.843. The third-order valence-corrected chi connectivity index (χ3v) is 15.1. The molecule has 1 atom stereocenters. The highest BCUT2D eigenvalue weighted by molar-refractivity contribution is 5.71. The predicted octanol–water partition coefficient (Wildman–Crippen LogP) is 22.9. The number of carbonyl (C=O) groups excluding carboxylic acids is 3. The first-order chi connectivity index (χ1) is 37.5. The maximum atomic E-state index is 12.9. The molecule has 6 nitrogen and oxygen atoms in total. The molecular formula is C70H128O6. The lowest BCUT2D eigenvalue weighted by Gasteiger charge is -2.18. The minimum absolute atomic E-state index is 0.0663. The van der Waals surface area contributed by atoms with Gasteiger partial charge in [0.1, 0.15) is 13.2 Å². The molecule has 0 heterocycles. The molecule has 0 rings (SSSR count). The molecule has 0 N–H and O–H groups in total. The Kier molecular flexibility index (Phi) is 62.6. The molecule has 0 fully saturated rings. The number of carbonyl (C=O) groups is 3. The summed E-state index contributed by atoms with van der Waals surface area (Å²) in [6, 6.07) is 0. The molecule has 0 aliphatic rings. The quantitative estimate of drug-likeness (QED) is 0.0261. The highest BCUT2D eigenvalue weighted by Gasteiger charge is 2.19. The predicted molar refractivity (Wildman–Crippen MR) is 330 cm³/mol. The van der Waals surface area contributed by atoms with Crippen LogP contribution in [0.15, 0.2) is 48.6 Å². The number of hydrogen-bond donors (Lipinski definition) is 0. The van der Waals surface area contributed by atoms with E-state index in [9.17, 15) is 14.4 Å². The second kappa shape index (κ2) is 64.9. The summed E-state index contributed by atoms with van der Waals surface area (Å²) in [7, 11) is 0. The Hall–Kier alpha value is -2.63. The summed E-state index contributed by atoms with van der Waals surface area (Å²) in [5, 5.41) is 0. The van der Waals surface area contributed by atoms with Crippen molar-refractivity contribution in [2.75, 3.05) is 13.2 Å². The molecule has 0 bridgehead atoms. The van der Waals surface area contributed by atoms with Gasteiger partial charge < -0.3 is 14.2 Å². The summed E-state index contributed by atoms with van der Waals surface area (Å²) < 4.78 is 16.9. The number of hydrogen-bond acceptors (Lipinski definition) is 6. The zero-order valence-corrected chi connectivity index (χ0v) is 51.0. The summed E-state index contributed by atoms with van der Waals surface area (Å²) in [5.74, 6) is -0.848. The molecule has 0 saturated heterocycles. The highest BCUT2D eigenvalue weighted by atomic mass is 16.6. The summed E-state index contributed by atoms with van der Waals surface area (Å²) in [6.07, 6.45) is 81.7. The Bertz CT molecular complexity index is 1310. The van der Waals surface area contributed by atoms with Crippen LogP contribution in [0.2, 0.25) is 0 Å². The van der Waals surface area contributed by atoms with Crippen LogP contribution < -0.4 is 0 Å². The first-order valence-electron chi connectivity index (χ1n) is 33.6. The lowest BCUT2D eigenvalue weighted by molar-refractivity contribution is -0.167. The number of esters is 3. The second-order valence-corrected chi connectivity index (χ2v) is 22.7. The number of rotatable bonds is 62. The van der Waals surface area contributed by atoms with Crippen molar-refractivity contribution in [3.05, 3.63) is 48.6 Å². The van der Waals surface area contributed by atoms with Crippen molar-refractivity contribution in [2.45, 2.75) is 367 Å². The lowest BCUT2D eigenvalue weighted by Crippen LogP contribution is -2.30. The number of unbranched alkanes of at least 4 members (excludes halogenated alkanes) is 43. The van der Waals surface area contributed by atoms with E-state index in [0.717, 1.165) is 83.5 Å². The number of allylic oxidation sites excluding steroid dienone is 8. The van der Waals surface area contributed by atoms with Crippen molar-refractivity contribution in [3.8, 4) is 0 Å². The SMILES string of the molecule is CC/C=C\C/C=C\C/C=C\C/C=C\CCCCCCCCCCCCCCCCCCCCC(=O)OCC(COC(=O)CCCCCCCCC)OC(=O)CCCCCCCCCCCCCCCCCCCCCC. The smallest absolute Gasteiger partial charge is 0.306 e. The monoisotopic (exact) mass is 1060 g/mol. The summed E-state index contributed by atoms with van der Waals surface area (Å²) >= 11 is 0. The molecule has 76 heavy (non-hydrogen) atoms. The van der Waals surface area contributed by atoms with Crippen LogP contribution in [0.25, 0.3) is 0 Å². The lowest BCUT2D eigenvalue weighted by atomic mass is 10.0. The largest absolute Gasteiger partial charge is 0.462 e. The van der Waals surface area contributed by atoms with Gasteiger partial charge in [-0.15, -0.1) is 0 Å². The van der Waals surface area contributed by atoms with Crippen molar-refractivity contribution >= 4 is 17.9 Å². The van der Waals surface area contributed by atoms with E-state index in [0.29, 0.717) is 19.3 Å². The maximum absolute atomic E-state index is 12.9. The Morgan fingerprint density at radius 2 is 0.513 bits per heavy atom. The van der Waals surface area contributed by atoms with Crippen molar-refractivity contribution in [1.82, 2.24) is 0 Å². The first-order valence-corrected chi connectivity index (χ1v) is 33.6. The van der Waals surface area contributed by atoms with Crippen LogP contribution in [0, 0.1) is 0 Å². The fourth-order valence-corrected chi connectivity index (χ4v) is 10.1. The Morgan fingerprint density at radius 1 is 0.276 bits per heavy atom. The third-order valence-electron chi connectivity index (χ3n) is 15.1. The summed E-state index contributed by atoms with van der Waals surface area (Å²) in [6.45, 7) is 6.55. The first kappa shape index (κ1) is 73.4. The summed E-state index contributed by atoms with van der Waals surface area (Å²) in [4.78, 5) is 38.1. The van der Waals surface area contributed by atoms with Crippen LogP contribution in [0.3, 0.4) is 0 Å². The molecule has 1 unspecified atom stereocenters. The van der Waals surface area contributed by atoms with E-state index in [2.05, 4.69) is 69.4 Å².